The van der Waals surface area contributed by atoms with Gasteiger partial charge in [-0.25, -0.2) is 0 Å². The third-order valence-corrected chi connectivity index (χ3v) is 3.24. The number of aliphatic imine (C=N–C) groups is 1. The molecule has 0 bridgehead atoms. The van der Waals surface area contributed by atoms with Crippen molar-refractivity contribution in [3.63, 3.8) is 0 Å². The Hall–Kier alpha value is -1.97. The van der Waals surface area contributed by atoms with Gasteiger partial charge in [-0.2, -0.15) is 0 Å². The standard InChI is InChI=1S/C14H15NO3/c1-8-12(5-6-13(8)17)15-10-3-4-11(9(2)16)14(18)7-10/h3-4,7-8,18H,5-6H2,1-2H3. The minimum atomic E-state index is -0.184. The maximum Gasteiger partial charge on any atom is 0.163 e. The van der Waals surface area contributed by atoms with Gasteiger partial charge in [0.1, 0.15) is 11.5 Å². The van der Waals surface area contributed by atoms with Crippen molar-refractivity contribution >= 4 is 23.0 Å². The van der Waals surface area contributed by atoms with Gasteiger partial charge >= 0.3 is 0 Å². The summed E-state index contributed by atoms with van der Waals surface area (Å²) in [6.45, 7) is 3.25. The Morgan fingerprint density at radius 3 is 2.61 bits per heavy atom. The summed E-state index contributed by atoms with van der Waals surface area (Å²) in [4.78, 5) is 27.0. The molecular weight excluding hydrogens is 230 g/mol. The Balaban J connectivity index is 2.31. The number of ketones is 2. The number of hydrogen-bond acceptors (Lipinski definition) is 4. The van der Waals surface area contributed by atoms with Crippen LogP contribution >= 0.6 is 0 Å². The number of carbonyl (C=O) groups is 2. The molecule has 18 heavy (non-hydrogen) atoms. The van der Waals surface area contributed by atoms with Crippen LogP contribution in [0.3, 0.4) is 0 Å². The Labute approximate surface area is 105 Å². The molecule has 0 aromatic heterocycles. The quantitative estimate of drug-likeness (QED) is 0.814. The topological polar surface area (TPSA) is 66.7 Å². The zero-order chi connectivity index (χ0) is 13.3. The molecule has 1 aromatic rings. The van der Waals surface area contributed by atoms with E-state index in [1.54, 1.807) is 12.1 Å². The predicted octanol–water partition coefficient (Wildman–Crippen LogP) is 2.67. The fourth-order valence-corrected chi connectivity index (χ4v) is 2.08. The lowest BCUT2D eigenvalue weighted by Crippen LogP contribution is -2.08. The van der Waals surface area contributed by atoms with E-state index in [4.69, 9.17) is 0 Å². The maximum absolute atomic E-state index is 11.4. The number of aromatic hydroxyl groups is 1. The maximum atomic E-state index is 11.4. The van der Waals surface area contributed by atoms with Crippen molar-refractivity contribution in [2.75, 3.05) is 0 Å². The van der Waals surface area contributed by atoms with Crippen molar-refractivity contribution in [2.24, 2.45) is 10.9 Å². The van der Waals surface area contributed by atoms with E-state index < -0.39 is 0 Å². The normalized spacial score (nSPS) is 21.6. The number of rotatable bonds is 2. The molecule has 1 aliphatic carbocycles. The molecule has 0 amide bonds. The van der Waals surface area contributed by atoms with E-state index in [0.29, 0.717) is 18.5 Å². The highest BCUT2D eigenvalue weighted by Crippen LogP contribution is 2.27. The van der Waals surface area contributed by atoms with Crippen LogP contribution in [0.2, 0.25) is 0 Å². The summed E-state index contributed by atoms with van der Waals surface area (Å²) < 4.78 is 0. The second-order valence-electron chi connectivity index (χ2n) is 4.55. The Kier molecular flexibility index (Phi) is 3.28. The van der Waals surface area contributed by atoms with Crippen LogP contribution in [0, 0.1) is 5.92 Å². The van der Waals surface area contributed by atoms with Crippen LogP contribution in [0.1, 0.15) is 37.0 Å². The van der Waals surface area contributed by atoms with Crippen molar-refractivity contribution < 1.29 is 14.7 Å². The van der Waals surface area contributed by atoms with Crippen molar-refractivity contribution in [1.82, 2.24) is 0 Å². The second-order valence-corrected chi connectivity index (χ2v) is 4.55. The molecule has 0 heterocycles. The van der Waals surface area contributed by atoms with Crippen LogP contribution in [0.4, 0.5) is 5.69 Å². The molecule has 94 valence electrons. The van der Waals surface area contributed by atoms with Gasteiger partial charge in [-0.1, -0.05) is 6.92 Å². The number of phenolic OH excluding ortho intramolecular Hbond substituents is 1. The highest BCUT2D eigenvalue weighted by Gasteiger charge is 2.26. The molecule has 1 saturated carbocycles. The molecule has 1 N–H and O–H groups in total. The number of hydrogen-bond donors (Lipinski definition) is 1. The summed E-state index contributed by atoms with van der Waals surface area (Å²) >= 11 is 0. The lowest BCUT2D eigenvalue weighted by molar-refractivity contribution is -0.119. The first-order chi connectivity index (χ1) is 8.49. The minimum absolute atomic E-state index is 0.0682. The van der Waals surface area contributed by atoms with Gasteiger partial charge in [-0.3, -0.25) is 14.6 Å². The molecule has 0 spiro atoms. The first kappa shape index (κ1) is 12.5. The van der Waals surface area contributed by atoms with Crippen LogP contribution in [0.15, 0.2) is 23.2 Å². The summed E-state index contributed by atoms with van der Waals surface area (Å²) in [6, 6.07) is 4.69. The number of Topliss-reactive ketones (excluding diaryl/α,β-unsaturated/α-hetero) is 2. The summed E-state index contributed by atoms with van der Waals surface area (Å²) in [6.07, 6.45) is 1.22. The van der Waals surface area contributed by atoms with Gasteiger partial charge in [0.05, 0.1) is 17.2 Å². The lowest BCUT2D eigenvalue weighted by atomic mass is 10.1. The van der Waals surface area contributed by atoms with E-state index in [2.05, 4.69) is 4.99 Å². The lowest BCUT2D eigenvalue weighted by Gasteiger charge is -2.04. The van der Waals surface area contributed by atoms with Crippen molar-refractivity contribution in [3.8, 4) is 5.75 Å². The first-order valence-corrected chi connectivity index (χ1v) is 5.93. The fraction of sp³-hybridized carbons (Fsp3) is 0.357. The number of carbonyl (C=O) groups excluding carboxylic acids is 2. The Bertz CT molecular complexity index is 546. The molecule has 4 heteroatoms. The Morgan fingerprint density at radius 1 is 1.39 bits per heavy atom. The molecule has 2 rings (SSSR count). The van der Waals surface area contributed by atoms with E-state index in [-0.39, 0.29) is 28.8 Å². The molecular formula is C14H15NO3. The van der Waals surface area contributed by atoms with Gasteiger partial charge in [0.15, 0.2) is 5.78 Å². The van der Waals surface area contributed by atoms with Crippen LogP contribution in [-0.2, 0) is 4.79 Å². The van der Waals surface area contributed by atoms with Crippen molar-refractivity contribution in [1.29, 1.82) is 0 Å². The zero-order valence-electron chi connectivity index (χ0n) is 10.4. The molecule has 0 saturated heterocycles. The number of phenols is 1. The first-order valence-electron chi connectivity index (χ1n) is 5.93. The van der Waals surface area contributed by atoms with E-state index >= 15 is 0 Å². The molecule has 1 atom stereocenters. The SMILES string of the molecule is CC(=O)c1ccc(N=C2CCC(=O)C2C)cc1O. The molecule has 0 aliphatic heterocycles. The minimum Gasteiger partial charge on any atom is -0.507 e. The van der Waals surface area contributed by atoms with E-state index in [9.17, 15) is 14.7 Å². The average Bonchev–Trinajstić information content (AvgIpc) is 2.61. The molecule has 1 unspecified atom stereocenters. The summed E-state index contributed by atoms with van der Waals surface area (Å²) in [7, 11) is 0. The summed E-state index contributed by atoms with van der Waals surface area (Å²) in [5.74, 6) is -0.185. The van der Waals surface area contributed by atoms with Gasteiger partial charge in [-0.15, -0.1) is 0 Å². The van der Waals surface area contributed by atoms with Crippen molar-refractivity contribution in [2.45, 2.75) is 26.7 Å². The van der Waals surface area contributed by atoms with Crippen LogP contribution in [0.5, 0.6) is 5.75 Å². The predicted molar refractivity (Wildman–Crippen MR) is 68.6 cm³/mol. The molecule has 1 fully saturated rings. The van der Waals surface area contributed by atoms with Gasteiger partial charge < -0.3 is 5.11 Å². The highest BCUT2D eigenvalue weighted by molar-refractivity contribution is 6.11. The van der Waals surface area contributed by atoms with Crippen LogP contribution < -0.4 is 0 Å². The molecule has 1 aliphatic rings. The molecule has 0 radical (unpaired) electrons. The van der Waals surface area contributed by atoms with Gasteiger partial charge in [0.2, 0.25) is 0 Å². The number of benzene rings is 1. The Morgan fingerprint density at radius 2 is 2.11 bits per heavy atom. The molecule has 4 nitrogen and oxygen atoms in total. The van der Waals surface area contributed by atoms with Gasteiger partial charge in [0.25, 0.3) is 0 Å². The third kappa shape index (κ3) is 2.32. The van der Waals surface area contributed by atoms with E-state index in [0.717, 1.165) is 5.71 Å². The van der Waals surface area contributed by atoms with Crippen LogP contribution in [0.25, 0.3) is 0 Å². The van der Waals surface area contributed by atoms with E-state index in [1.807, 2.05) is 6.92 Å². The van der Waals surface area contributed by atoms with Crippen LogP contribution in [-0.4, -0.2) is 22.4 Å². The van der Waals surface area contributed by atoms with Gasteiger partial charge in [0, 0.05) is 18.2 Å². The third-order valence-electron chi connectivity index (χ3n) is 3.24. The largest absolute Gasteiger partial charge is 0.507 e. The van der Waals surface area contributed by atoms with Crippen molar-refractivity contribution in [3.05, 3.63) is 23.8 Å². The van der Waals surface area contributed by atoms with Gasteiger partial charge in [-0.05, 0) is 25.5 Å². The molecule has 1 aromatic carbocycles. The highest BCUT2D eigenvalue weighted by atomic mass is 16.3. The average molecular weight is 245 g/mol. The second kappa shape index (κ2) is 4.72. The monoisotopic (exact) mass is 245 g/mol. The smallest absolute Gasteiger partial charge is 0.163 e. The number of nitrogens with zero attached hydrogens (tertiary/aromatic N) is 1. The summed E-state index contributed by atoms with van der Waals surface area (Å²) in [5, 5.41) is 9.70. The fourth-order valence-electron chi connectivity index (χ4n) is 2.08. The van der Waals surface area contributed by atoms with E-state index in [1.165, 1.54) is 13.0 Å². The summed E-state index contributed by atoms with van der Waals surface area (Å²) in [5.41, 5.74) is 1.71. The zero-order valence-corrected chi connectivity index (χ0v) is 10.4.